The third kappa shape index (κ3) is 3.98. The molecule has 2 atom stereocenters. The highest BCUT2D eigenvalue weighted by Gasteiger charge is 2.33. The van der Waals surface area contributed by atoms with E-state index in [1.807, 2.05) is 30.3 Å². The monoisotopic (exact) mass is 286 g/mol. The van der Waals surface area contributed by atoms with E-state index in [4.69, 9.17) is 4.74 Å². The van der Waals surface area contributed by atoms with Gasteiger partial charge in [0.15, 0.2) is 0 Å². The highest BCUT2D eigenvalue weighted by atomic mass is 16.6. The van der Waals surface area contributed by atoms with E-state index in [2.05, 4.69) is 19.9 Å². The number of amides is 1. The Balaban J connectivity index is 1.88. The number of rotatable bonds is 3. The van der Waals surface area contributed by atoms with Gasteiger partial charge in [0.25, 0.3) is 0 Å². The molecule has 0 bridgehead atoms. The van der Waals surface area contributed by atoms with Crippen molar-refractivity contribution in [1.82, 2.24) is 4.90 Å². The van der Waals surface area contributed by atoms with Crippen LogP contribution in [0.15, 0.2) is 30.3 Å². The van der Waals surface area contributed by atoms with Gasteiger partial charge in [0.1, 0.15) is 6.61 Å². The zero-order chi connectivity index (χ0) is 15.2. The first-order valence-corrected chi connectivity index (χ1v) is 7.47. The molecule has 2 rings (SSSR count). The summed E-state index contributed by atoms with van der Waals surface area (Å²) in [6.45, 7) is 5.71. The lowest BCUT2D eigenvalue weighted by Gasteiger charge is -2.36. The van der Waals surface area contributed by atoms with Crippen LogP contribution in [0.1, 0.15) is 25.8 Å². The topological polar surface area (TPSA) is 53.3 Å². The molecule has 2 unspecified atom stereocenters. The van der Waals surface area contributed by atoms with Gasteiger partial charge in [-0.3, -0.25) is 0 Å². The van der Waals surface area contributed by atoms with Crippen molar-refractivity contribution in [1.29, 1.82) is 5.26 Å². The van der Waals surface area contributed by atoms with Crippen LogP contribution < -0.4 is 0 Å². The summed E-state index contributed by atoms with van der Waals surface area (Å²) < 4.78 is 5.33. The Labute approximate surface area is 126 Å². The summed E-state index contributed by atoms with van der Waals surface area (Å²) in [4.78, 5) is 13.8. The van der Waals surface area contributed by atoms with Crippen LogP contribution in [-0.4, -0.2) is 24.1 Å². The van der Waals surface area contributed by atoms with Crippen LogP contribution in [0.4, 0.5) is 4.79 Å². The summed E-state index contributed by atoms with van der Waals surface area (Å²) in [6.07, 6.45) is 0.553. The van der Waals surface area contributed by atoms with Crippen molar-refractivity contribution >= 4 is 6.09 Å². The van der Waals surface area contributed by atoms with E-state index < -0.39 is 0 Å². The van der Waals surface area contributed by atoms with Crippen molar-refractivity contribution < 1.29 is 9.53 Å². The first-order valence-electron chi connectivity index (χ1n) is 7.47. The molecular weight excluding hydrogens is 264 g/mol. The average Bonchev–Trinajstić information content (AvgIpc) is 2.52. The van der Waals surface area contributed by atoms with Crippen molar-refractivity contribution in [2.75, 3.05) is 13.1 Å². The fourth-order valence-electron chi connectivity index (χ4n) is 2.88. The molecule has 1 saturated heterocycles. The molecule has 4 nitrogen and oxygen atoms in total. The van der Waals surface area contributed by atoms with E-state index in [-0.39, 0.29) is 18.6 Å². The largest absolute Gasteiger partial charge is 0.445 e. The van der Waals surface area contributed by atoms with Gasteiger partial charge in [-0.25, -0.2) is 4.79 Å². The fourth-order valence-corrected chi connectivity index (χ4v) is 2.88. The molecule has 1 heterocycles. The number of nitriles is 1. The molecular formula is C17H22N2O2. The minimum Gasteiger partial charge on any atom is -0.445 e. The van der Waals surface area contributed by atoms with Crippen molar-refractivity contribution in [3.05, 3.63) is 35.9 Å². The zero-order valence-electron chi connectivity index (χ0n) is 12.7. The minimum absolute atomic E-state index is 0.0944. The van der Waals surface area contributed by atoms with Gasteiger partial charge in [0, 0.05) is 13.1 Å². The molecule has 4 heteroatoms. The molecule has 0 aliphatic carbocycles. The molecule has 1 aromatic rings. The normalized spacial score (nSPS) is 21.9. The second-order valence-corrected chi connectivity index (χ2v) is 5.92. The third-order valence-electron chi connectivity index (χ3n) is 4.15. The number of benzene rings is 1. The third-order valence-corrected chi connectivity index (χ3v) is 4.15. The number of hydrogen-bond acceptors (Lipinski definition) is 3. The Bertz CT molecular complexity index is 507. The van der Waals surface area contributed by atoms with Gasteiger partial charge in [-0.15, -0.1) is 0 Å². The number of likely N-dealkylation sites (tertiary alicyclic amines) is 1. The number of carbonyl (C=O) groups is 1. The Morgan fingerprint density at radius 2 is 2.14 bits per heavy atom. The van der Waals surface area contributed by atoms with E-state index in [1.54, 1.807) is 4.90 Å². The van der Waals surface area contributed by atoms with Crippen LogP contribution in [0, 0.1) is 29.1 Å². The number of carbonyl (C=O) groups excluding carboxylic acids is 1. The van der Waals surface area contributed by atoms with Crippen LogP contribution in [-0.2, 0) is 11.3 Å². The second kappa shape index (κ2) is 7.12. The minimum atomic E-state index is -0.318. The van der Waals surface area contributed by atoms with Gasteiger partial charge in [-0.1, -0.05) is 44.2 Å². The second-order valence-electron chi connectivity index (χ2n) is 5.92. The van der Waals surface area contributed by atoms with E-state index in [0.29, 0.717) is 24.9 Å². The van der Waals surface area contributed by atoms with Crippen molar-refractivity contribution in [3.8, 4) is 6.07 Å². The molecule has 0 radical (unpaired) electrons. The Kier molecular flexibility index (Phi) is 5.21. The molecule has 1 amide bonds. The summed E-state index contributed by atoms with van der Waals surface area (Å²) >= 11 is 0. The lowest BCUT2D eigenvalue weighted by atomic mass is 9.79. The Hall–Kier alpha value is -2.02. The number of ether oxygens (including phenoxy) is 1. The predicted molar refractivity (Wildman–Crippen MR) is 80.2 cm³/mol. The van der Waals surface area contributed by atoms with Gasteiger partial charge in [0.2, 0.25) is 0 Å². The maximum absolute atomic E-state index is 12.1. The van der Waals surface area contributed by atoms with E-state index in [1.165, 1.54) is 0 Å². The summed E-state index contributed by atoms with van der Waals surface area (Å²) in [5.74, 6) is 0.744. The molecule has 1 fully saturated rings. The SMILES string of the molecule is CC(C)C1CCN(C(=O)OCc2ccccc2)CC1C#N. The van der Waals surface area contributed by atoms with Crippen LogP contribution in [0.3, 0.4) is 0 Å². The quantitative estimate of drug-likeness (QED) is 0.855. The molecule has 1 aromatic carbocycles. The van der Waals surface area contributed by atoms with Crippen LogP contribution in [0.5, 0.6) is 0 Å². The summed E-state index contributed by atoms with van der Waals surface area (Å²) in [5.41, 5.74) is 0.972. The summed E-state index contributed by atoms with van der Waals surface area (Å²) in [6, 6.07) is 12.0. The van der Waals surface area contributed by atoms with Gasteiger partial charge < -0.3 is 9.64 Å². The maximum atomic E-state index is 12.1. The number of piperidine rings is 1. The molecule has 0 saturated carbocycles. The van der Waals surface area contributed by atoms with E-state index >= 15 is 0 Å². The Morgan fingerprint density at radius 1 is 1.43 bits per heavy atom. The van der Waals surface area contributed by atoms with Crippen LogP contribution in [0.2, 0.25) is 0 Å². The van der Waals surface area contributed by atoms with Crippen LogP contribution in [0.25, 0.3) is 0 Å². The molecule has 0 N–H and O–H groups in total. The van der Waals surface area contributed by atoms with Crippen molar-refractivity contribution in [2.24, 2.45) is 17.8 Å². The highest BCUT2D eigenvalue weighted by molar-refractivity contribution is 5.67. The zero-order valence-corrected chi connectivity index (χ0v) is 12.7. The number of hydrogen-bond donors (Lipinski definition) is 0. The van der Waals surface area contributed by atoms with Crippen molar-refractivity contribution in [3.63, 3.8) is 0 Å². The molecule has 0 spiro atoms. The summed E-state index contributed by atoms with van der Waals surface area (Å²) in [5, 5.41) is 9.29. The van der Waals surface area contributed by atoms with Crippen LogP contribution >= 0.6 is 0 Å². The molecule has 112 valence electrons. The predicted octanol–water partition coefficient (Wildman–Crippen LogP) is 3.44. The van der Waals surface area contributed by atoms with Gasteiger partial charge >= 0.3 is 6.09 Å². The standard InChI is InChI=1S/C17H22N2O2/c1-13(2)16-8-9-19(11-15(16)10-18)17(20)21-12-14-6-4-3-5-7-14/h3-7,13,15-16H,8-9,11-12H2,1-2H3. The lowest BCUT2D eigenvalue weighted by molar-refractivity contribution is 0.0660. The number of nitrogens with zero attached hydrogens (tertiary/aromatic N) is 2. The van der Waals surface area contributed by atoms with Gasteiger partial charge in [-0.05, 0) is 23.8 Å². The van der Waals surface area contributed by atoms with Gasteiger partial charge in [0.05, 0.1) is 12.0 Å². The fraction of sp³-hybridized carbons (Fsp3) is 0.529. The van der Waals surface area contributed by atoms with Gasteiger partial charge in [-0.2, -0.15) is 5.26 Å². The molecule has 21 heavy (non-hydrogen) atoms. The highest BCUT2D eigenvalue weighted by Crippen LogP contribution is 2.29. The Morgan fingerprint density at radius 3 is 2.76 bits per heavy atom. The smallest absolute Gasteiger partial charge is 0.410 e. The molecule has 0 aromatic heterocycles. The van der Waals surface area contributed by atoms with E-state index in [9.17, 15) is 10.1 Å². The molecule has 1 aliphatic rings. The lowest BCUT2D eigenvalue weighted by Crippen LogP contribution is -2.44. The first-order chi connectivity index (χ1) is 10.1. The first kappa shape index (κ1) is 15.4. The maximum Gasteiger partial charge on any atom is 0.410 e. The average molecular weight is 286 g/mol. The van der Waals surface area contributed by atoms with E-state index in [0.717, 1.165) is 12.0 Å². The summed E-state index contributed by atoms with van der Waals surface area (Å²) in [7, 11) is 0. The molecule has 1 aliphatic heterocycles. The van der Waals surface area contributed by atoms with Crippen molar-refractivity contribution in [2.45, 2.75) is 26.9 Å².